The van der Waals surface area contributed by atoms with Crippen LogP contribution >= 0.6 is 11.6 Å². The fraction of sp³-hybridized carbons (Fsp3) is 0. The number of amidine groups is 1. The third-order valence-electron chi connectivity index (χ3n) is 4.34. The molecule has 0 saturated heterocycles. The molecule has 0 aliphatic carbocycles. The van der Waals surface area contributed by atoms with E-state index in [2.05, 4.69) is 38.4 Å². The van der Waals surface area contributed by atoms with Gasteiger partial charge in [-0.2, -0.15) is 5.10 Å². The number of benzene rings is 1. The van der Waals surface area contributed by atoms with Gasteiger partial charge in [0.2, 0.25) is 17.3 Å². The van der Waals surface area contributed by atoms with Crippen molar-refractivity contribution in [1.29, 1.82) is 0 Å². The van der Waals surface area contributed by atoms with Crippen LogP contribution in [-0.4, -0.2) is 26.7 Å². The first-order valence-electron chi connectivity index (χ1n) is 9.78. The topological polar surface area (TPSA) is 152 Å². The molecule has 10 nitrogen and oxygen atoms in total. The molecule has 3 rings (SSSR count). The van der Waals surface area contributed by atoms with E-state index in [0.29, 0.717) is 27.7 Å². The molecule has 1 aromatic carbocycles. The zero-order chi connectivity index (χ0) is 24.5. The number of hydrazone groups is 1. The van der Waals surface area contributed by atoms with Gasteiger partial charge in [-0.3, -0.25) is 14.7 Å². The largest absolute Gasteiger partial charge is 0.417 e. The van der Waals surface area contributed by atoms with Gasteiger partial charge in [-0.1, -0.05) is 36.9 Å². The van der Waals surface area contributed by atoms with Gasteiger partial charge in [-0.05, 0) is 36.6 Å². The Labute approximate surface area is 200 Å². The number of hydrogen-bond donors (Lipinski definition) is 3. The van der Waals surface area contributed by atoms with Crippen molar-refractivity contribution in [3.8, 4) is 11.5 Å². The number of halogens is 1. The van der Waals surface area contributed by atoms with Crippen LogP contribution in [0, 0.1) is 0 Å². The molecule has 0 saturated carbocycles. The second-order valence-electron chi connectivity index (χ2n) is 6.50. The Morgan fingerprint density at radius 2 is 2.03 bits per heavy atom. The van der Waals surface area contributed by atoms with E-state index in [1.165, 1.54) is 30.7 Å². The summed E-state index contributed by atoms with van der Waals surface area (Å²) >= 11 is 6.45. The standard InChI is InChI=1S/C23H21ClN8O2/c1-3-27-18(10-12-25)15(2)32(19-7-5-4-6-17(19)24)20(29-26)8-9-22-30-31-23(34-22)16-11-13-28-21(33)14-16/h3-14H,1-2,25-26H2,(H,28,33)/b9-8+,12-10-,27-18?,29-20-. The van der Waals surface area contributed by atoms with Crippen LogP contribution in [0.25, 0.3) is 17.5 Å². The Balaban J connectivity index is 2.00. The van der Waals surface area contributed by atoms with E-state index in [1.54, 1.807) is 47.4 Å². The van der Waals surface area contributed by atoms with E-state index in [4.69, 9.17) is 27.6 Å². The highest BCUT2D eigenvalue weighted by atomic mass is 35.5. The maximum Gasteiger partial charge on any atom is 0.248 e. The van der Waals surface area contributed by atoms with E-state index in [0.717, 1.165) is 0 Å². The number of allylic oxidation sites excluding steroid dienone is 1. The van der Waals surface area contributed by atoms with Crippen molar-refractivity contribution in [2.75, 3.05) is 4.90 Å². The molecule has 0 amide bonds. The van der Waals surface area contributed by atoms with Gasteiger partial charge in [0.1, 0.15) is 0 Å². The molecule has 0 unspecified atom stereocenters. The third kappa shape index (κ3) is 5.56. The summed E-state index contributed by atoms with van der Waals surface area (Å²) in [6.45, 7) is 7.74. The fourth-order valence-corrected chi connectivity index (χ4v) is 3.10. The number of H-pyrrole nitrogens is 1. The van der Waals surface area contributed by atoms with Gasteiger partial charge in [0, 0.05) is 30.1 Å². The second-order valence-corrected chi connectivity index (χ2v) is 6.90. The lowest BCUT2D eigenvalue weighted by Crippen LogP contribution is -2.33. The third-order valence-corrected chi connectivity index (χ3v) is 4.66. The number of rotatable bonds is 8. The minimum atomic E-state index is -0.289. The molecule has 0 aliphatic rings. The smallest absolute Gasteiger partial charge is 0.248 e. The molecule has 11 heteroatoms. The van der Waals surface area contributed by atoms with E-state index < -0.39 is 0 Å². The van der Waals surface area contributed by atoms with Gasteiger partial charge < -0.3 is 21.0 Å². The summed E-state index contributed by atoms with van der Waals surface area (Å²) in [5.41, 5.74) is 7.08. The van der Waals surface area contributed by atoms with E-state index >= 15 is 0 Å². The van der Waals surface area contributed by atoms with Crippen LogP contribution in [0.3, 0.4) is 0 Å². The molecule has 0 radical (unpaired) electrons. The highest BCUT2D eigenvalue weighted by Crippen LogP contribution is 2.29. The quantitative estimate of drug-likeness (QED) is 0.195. The Hall–Kier alpha value is -4.70. The molecule has 0 fully saturated rings. The minimum absolute atomic E-state index is 0.156. The van der Waals surface area contributed by atoms with Gasteiger partial charge in [-0.25, -0.2) is 0 Å². The van der Waals surface area contributed by atoms with Crippen molar-refractivity contribution in [3.63, 3.8) is 0 Å². The van der Waals surface area contributed by atoms with Gasteiger partial charge >= 0.3 is 0 Å². The molecular weight excluding hydrogens is 456 g/mol. The number of aromatic nitrogens is 3. The number of nitrogens with one attached hydrogen (secondary N) is 1. The minimum Gasteiger partial charge on any atom is -0.417 e. The van der Waals surface area contributed by atoms with Gasteiger partial charge in [-0.15, -0.1) is 10.2 Å². The lowest BCUT2D eigenvalue weighted by molar-refractivity contribution is 0.557. The number of pyridine rings is 1. The molecule has 172 valence electrons. The van der Waals surface area contributed by atoms with Crippen LogP contribution in [0.1, 0.15) is 5.89 Å². The van der Waals surface area contributed by atoms with Crippen molar-refractivity contribution in [2.24, 2.45) is 21.7 Å². The highest BCUT2D eigenvalue weighted by Gasteiger charge is 2.21. The Bertz CT molecular complexity index is 1370. The molecule has 3 aromatic rings. The molecule has 5 N–H and O–H groups in total. The van der Waals surface area contributed by atoms with Crippen LogP contribution in [0.15, 0.2) is 105 Å². The average molecular weight is 477 g/mol. The first kappa shape index (κ1) is 24.0. The van der Waals surface area contributed by atoms with Gasteiger partial charge in [0.15, 0.2) is 5.84 Å². The number of aromatic amines is 1. The van der Waals surface area contributed by atoms with E-state index in [1.807, 2.05) is 0 Å². The Kier molecular flexibility index (Phi) is 7.93. The van der Waals surface area contributed by atoms with Crippen molar-refractivity contribution < 1.29 is 4.42 Å². The van der Waals surface area contributed by atoms with Crippen LogP contribution in [-0.2, 0) is 0 Å². The molecule has 0 spiro atoms. The predicted octanol–water partition coefficient (Wildman–Crippen LogP) is 3.44. The second kappa shape index (κ2) is 11.2. The van der Waals surface area contributed by atoms with Gasteiger partial charge in [0.05, 0.1) is 22.1 Å². The SMILES string of the molecule is C=CN=C(/C=C\N)C(=C)N(C(/C=C/c1nnc(-c2cc[nH]c(=O)c2)o1)=N\N)c1ccccc1Cl. The lowest BCUT2D eigenvalue weighted by Gasteiger charge is -2.27. The Morgan fingerprint density at radius 3 is 2.71 bits per heavy atom. The zero-order valence-corrected chi connectivity index (χ0v) is 18.7. The predicted molar refractivity (Wildman–Crippen MR) is 135 cm³/mol. The van der Waals surface area contributed by atoms with Crippen LogP contribution in [0.2, 0.25) is 5.02 Å². The molecule has 0 bridgehead atoms. The van der Waals surface area contributed by atoms with Crippen molar-refractivity contribution in [2.45, 2.75) is 0 Å². The molecule has 0 aliphatic heterocycles. The highest BCUT2D eigenvalue weighted by molar-refractivity contribution is 6.35. The maximum absolute atomic E-state index is 11.5. The van der Waals surface area contributed by atoms with Crippen LogP contribution in [0.4, 0.5) is 5.69 Å². The van der Waals surface area contributed by atoms with Crippen molar-refractivity contribution in [3.05, 3.63) is 107 Å². The number of nitrogens with two attached hydrogens (primary N) is 2. The molecule has 34 heavy (non-hydrogen) atoms. The number of para-hydroxylation sites is 1. The molecule has 2 heterocycles. The number of anilines is 1. The summed E-state index contributed by atoms with van der Waals surface area (Å²) in [4.78, 5) is 19.9. The summed E-state index contributed by atoms with van der Waals surface area (Å²) in [5.74, 6) is 6.29. The Morgan fingerprint density at radius 1 is 1.24 bits per heavy atom. The zero-order valence-electron chi connectivity index (χ0n) is 17.9. The number of aliphatic imine (C=N–C) groups is 1. The normalized spacial score (nSPS) is 12.4. The maximum atomic E-state index is 11.5. The summed E-state index contributed by atoms with van der Waals surface area (Å²) in [7, 11) is 0. The molecule has 2 aromatic heterocycles. The van der Waals surface area contributed by atoms with Crippen molar-refractivity contribution >= 4 is 34.9 Å². The van der Waals surface area contributed by atoms with Crippen LogP contribution < -0.4 is 22.0 Å². The first-order valence-corrected chi connectivity index (χ1v) is 10.2. The summed E-state index contributed by atoms with van der Waals surface area (Å²) in [5, 5.41) is 12.2. The van der Waals surface area contributed by atoms with Crippen LogP contribution in [0.5, 0.6) is 0 Å². The van der Waals surface area contributed by atoms with Gasteiger partial charge in [0.25, 0.3) is 0 Å². The first-order chi connectivity index (χ1) is 16.5. The monoisotopic (exact) mass is 476 g/mol. The molecular formula is C23H21ClN8O2. The molecule has 0 atom stereocenters. The van der Waals surface area contributed by atoms with Crippen molar-refractivity contribution in [1.82, 2.24) is 15.2 Å². The average Bonchev–Trinajstić information content (AvgIpc) is 3.31. The number of hydrogen-bond acceptors (Lipinski definition) is 8. The summed E-state index contributed by atoms with van der Waals surface area (Å²) in [6, 6.07) is 10.1. The van der Waals surface area contributed by atoms with E-state index in [9.17, 15) is 4.79 Å². The lowest BCUT2D eigenvalue weighted by atomic mass is 10.2. The number of nitrogens with zero attached hydrogens (tertiary/aromatic N) is 5. The summed E-state index contributed by atoms with van der Waals surface area (Å²) < 4.78 is 5.62. The van der Waals surface area contributed by atoms with E-state index in [-0.39, 0.29) is 23.2 Å². The summed E-state index contributed by atoms with van der Waals surface area (Å²) in [6.07, 6.45) is 8.77. The fourth-order valence-electron chi connectivity index (χ4n) is 2.88.